The van der Waals surface area contributed by atoms with Crippen molar-refractivity contribution in [2.75, 3.05) is 19.6 Å². The molecule has 0 radical (unpaired) electrons. The Balaban J connectivity index is 2.09. The smallest absolute Gasteiger partial charge is 0.222 e. The van der Waals surface area contributed by atoms with Crippen molar-refractivity contribution in [3.8, 4) is 0 Å². The zero-order valence-corrected chi connectivity index (χ0v) is 13.7. The summed E-state index contributed by atoms with van der Waals surface area (Å²) in [5, 5.41) is 3.52. The van der Waals surface area contributed by atoms with Crippen LogP contribution in [0.15, 0.2) is 24.3 Å². The first kappa shape index (κ1) is 16.0. The third-order valence-electron chi connectivity index (χ3n) is 4.27. The van der Waals surface area contributed by atoms with Gasteiger partial charge < -0.3 is 10.2 Å². The van der Waals surface area contributed by atoms with Gasteiger partial charge in [0.15, 0.2) is 0 Å². The summed E-state index contributed by atoms with van der Waals surface area (Å²) in [6, 6.07) is 9.04. The average molecular weight is 288 g/mol. The molecule has 2 rings (SSSR count). The molecule has 0 saturated carbocycles. The van der Waals surface area contributed by atoms with Gasteiger partial charge in [-0.1, -0.05) is 52.0 Å². The van der Waals surface area contributed by atoms with Crippen LogP contribution >= 0.6 is 0 Å². The second kappa shape index (κ2) is 7.08. The third-order valence-corrected chi connectivity index (χ3v) is 4.27. The lowest BCUT2D eigenvalue weighted by Crippen LogP contribution is -2.36. The van der Waals surface area contributed by atoms with E-state index in [0.717, 1.165) is 19.6 Å². The molecule has 1 aromatic carbocycles. The Hall–Kier alpha value is -1.35. The highest BCUT2D eigenvalue weighted by molar-refractivity contribution is 5.78. The number of likely N-dealkylation sites (N-methyl/N-ethyl adjacent to an activating group) is 1. The van der Waals surface area contributed by atoms with Crippen LogP contribution in [0.3, 0.4) is 0 Å². The predicted octanol–water partition coefficient (Wildman–Crippen LogP) is 3.33. The number of amides is 1. The Morgan fingerprint density at radius 2 is 1.86 bits per heavy atom. The number of nitrogens with zero attached hydrogens (tertiary/aromatic N) is 1. The lowest BCUT2D eigenvalue weighted by molar-refractivity contribution is -0.128. The summed E-state index contributed by atoms with van der Waals surface area (Å²) >= 11 is 0. The van der Waals surface area contributed by atoms with Crippen molar-refractivity contribution in [1.29, 1.82) is 0 Å². The van der Waals surface area contributed by atoms with Gasteiger partial charge in [-0.05, 0) is 29.5 Å². The van der Waals surface area contributed by atoms with Gasteiger partial charge in [-0.2, -0.15) is 0 Å². The van der Waals surface area contributed by atoms with Crippen LogP contribution in [0.2, 0.25) is 0 Å². The molecular formula is C18H28N2O. The molecule has 1 aliphatic heterocycles. The van der Waals surface area contributed by atoms with Gasteiger partial charge in [0, 0.05) is 25.6 Å². The molecule has 1 amide bonds. The molecule has 1 saturated heterocycles. The van der Waals surface area contributed by atoms with Crippen molar-refractivity contribution < 1.29 is 4.79 Å². The molecule has 3 nitrogen and oxygen atoms in total. The molecule has 1 aromatic rings. The summed E-state index contributed by atoms with van der Waals surface area (Å²) < 4.78 is 0. The van der Waals surface area contributed by atoms with E-state index in [1.165, 1.54) is 11.1 Å². The Labute approximate surface area is 128 Å². The molecule has 1 fully saturated rings. The largest absolute Gasteiger partial charge is 0.340 e. The highest BCUT2D eigenvalue weighted by Gasteiger charge is 2.28. The lowest BCUT2D eigenvalue weighted by atomic mass is 9.99. The van der Waals surface area contributed by atoms with Gasteiger partial charge in [0.2, 0.25) is 5.91 Å². The molecular weight excluding hydrogens is 260 g/mol. The number of benzene rings is 1. The summed E-state index contributed by atoms with van der Waals surface area (Å²) in [4.78, 5) is 14.0. The fourth-order valence-corrected chi connectivity index (χ4v) is 3.01. The van der Waals surface area contributed by atoms with E-state index in [-0.39, 0.29) is 6.04 Å². The van der Waals surface area contributed by atoms with E-state index < -0.39 is 0 Å². The monoisotopic (exact) mass is 288 g/mol. The molecule has 0 aromatic heterocycles. The molecule has 1 heterocycles. The highest BCUT2D eigenvalue weighted by Crippen LogP contribution is 2.23. The second-order valence-corrected chi connectivity index (χ2v) is 6.54. The van der Waals surface area contributed by atoms with Crippen LogP contribution in [0.1, 0.15) is 57.2 Å². The average Bonchev–Trinajstić information content (AvgIpc) is 2.76. The van der Waals surface area contributed by atoms with Gasteiger partial charge in [0.1, 0.15) is 0 Å². The Kier molecular flexibility index (Phi) is 5.40. The molecule has 1 aliphatic rings. The maximum absolute atomic E-state index is 12.0. The summed E-state index contributed by atoms with van der Waals surface area (Å²) in [5.74, 6) is 1.34. The minimum absolute atomic E-state index is 0.227. The first-order chi connectivity index (χ1) is 10.0. The van der Waals surface area contributed by atoms with Crippen molar-refractivity contribution in [3.05, 3.63) is 35.4 Å². The Morgan fingerprint density at radius 3 is 2.33 bits per heavy atom. The van der Waals surface area contributed by atoms with E-state index in [9.17, 15) is 4.79 Å². The van der Waals surface area contributed by atoms with E-state index >= 15 is 0 Å². The number of hydrogen-bond acceptors (Lipinski definition) is 2. The molecule has 21 heavy (non-hydrogen) atoms. The van der Waals surface area contributed by atoms with Crippen LogP contribution < -0.4 is 5.32 Å². The minimum Gasteiger partial charge on any atom is -0.340 e. The van der Waals surface area contributed by atoms with Gasteiger partial charge in [-0.3, -0.25) is 4.79 Å². The van der Waals surface area contributed by atoms with E-state index in [1.807, 2.05) is 4.90 Å². The number of hydrogen-bond donors (Lipinski definition) is 1. The number of likely N-dealkylation sites (tertiary alicyclic amines) is 1. The molecule has 0 aliphatic carbocycles. The molecule has 2 unspecified atom stereocenters. The molecule has 3 heteroatoms. The Bertz CT molecular complexity index is 467. The minimum atomic E-state index is 0.227. The predicted molar refractivity (Wildman–Crippen MR) is 87.3 cm³/mol. The van der Waals surface area contributed by atoms with Crippen LogP contribution in [0.25, 0.3) is 0 Å². The fraction of sp³-hybridized carbons (Fsp3) is 0.611. The van der Waals surface area contributed by atoms with Crippen LogP contribution in [0.4, 0.5) is 0 Å². The van der Waals surface area contributed by atoms with E-state index in [2.05, 4.69) is 57.3 Å². The van der Waals surface area contributed by atoms with Gasteiger partial charge in [-0.25, -0.2) is 0 Å². The molecule has 116 valence electrons. The van der Waals surface area contributed by atoms with Gasteiger partial charge in [-0.15, -0.1) is 0 Å². The van der Waals surface area contributed by atoms with E-state index in [0.29, 0.717) is 24.2 Å². The van der Waals surface area contributed by atoms with Crippen LogP contribution in [-0.2, 0) is 4.79 Å². The van der Waals surface area contributed by atoms with Crippen LogP contribution in [0, 0.1) is 5.92 Å². The van der Waals surface area contributed by atoms with E-state index in [4.69, 9.17) is 0 Å². The van der Waals surface area contributed by atoms with Gasteiger partial charge >= 0.3 is 0 Å². The lowest BCUT2D eigenvalue weighted by Gasteiger charge is -2.25. The van der Waals surface area contributed by atoms with Crippen molar-refractivity contribution in [1.82, 2.24) is 10.2 Å². The van der Waals surface area contributed by atoms with Gasteiger partial charge in [0.05, 0.1) is 0 Å². The summed E-state index contributed by atoms with van der Waals surface area (Å²) in [7, 11) is 0. The molecule has 1 N–H and O–H groups in total. The first-order valence-electron chi connectivity index (χ1n) is 8.12. The van der Waals surface area contributed by atoms with Crippen molar-refractivity contribution in [2.45, 2.75) is 46.1 Å². The topological polar surface area (TPSA) is 32.3 Å². The zero-order chi connectivity index (χ0) is 15.4. The van der Waals surface area contributed by atoms with E-state index in [1.54, 1.807) is 0 Å². The third kappa shape index (κ3) is 4.07. The maximum atomic E-state index is 12.0. The van der Waals surface area contributed by atoms with Crippen LogP contribution in [0.5, 0.6) is 0 Å². The summed E-state index contributed by atoms with van der Waals surface area (Å²) in [6.07, 6.45) is 0.700. The number of nitrogens with one attached hydrogen (secondary N) is 1. The zero-order valence-electron chi connectivity index (χ0n) is 13.7. The normalized spacial score (nSPS) is 20.3. The standard InChI is InChI=1S/C18H28N2O/c1-5-19-17(12-20-11-14(4)10-18(20)21)16-8-6-15(7-9-16)13(2)3/h6-9,13-14,17,19H,5,10-12H2,1-4H3. The summed E-state index contributed by atoms with van der Waals surface area (Å²) in [6.45, 7) is 11.3. The molecule has 0 bridgehead atoms. The van der Waals surface area contributed by atoms with Crippen molar-refractivity contribution in [2.24, 2.45) is 5.92 Å². The summed E-state index contributed by atoms with van der Waals surface area (Å²) in [5.41, 5.74) is 2.63. The Morgan fingerprint density at radius 1 is 1.24 bits per heavy atom. The highest BCUT2D eigenvalue weighted by atomic mass is 16.2. The van der Waals surface area contributed by atoms with Crippen molar-refractivity contribution in [3.63, 3.8) is 0 Å². The number of carbonyl (C=O) groups is 1. The van der Waals surface area contributed by atoms with Crippen LogP contribution in [-0.4, -0.2) is 30.4 Å². The SMILES string of the molecule is CCNC(CN1CC(C)CC1=O)c1ccc(C(C)C)cc1. The maximum Gasteiger partial charge on any atom is 0.222 e. The van der Waals surface area contributed by atoms with Crippen molar-refractivity contribution >= 4 is 5.91 Å². The molecule has 2 atom stereocenters. The number of rotatable bonds is 6. The fourth-order valence-electron chi connectivity index (χ4n) is 3.01. The van der Waals surface area contributed by atoms with Gasteiger partial charge in [0.25, 0.3) is 0 Å². The number of carbonyl (C=O) groups excluding carboxylic acids is 1. The molecule has 0 spiro atoms. The first-order valence-corrected chi connectivity index (χ1v) is 8.12. The second-order valence-electron chi connectivity index (χ2n) is 6.54. The quantitative estimate of drug-likeness (QED) is 0.871.